The monoisotopic (exact) mass is 446 g/mol. The van der Waals surface area contributed by atoms with E-state index >= 15 is 0 Å². The minimum atomic E-state index is -3.68. The first-order valence-corrected chi connectivity index (χ1v) is 11.6. The van der Waals surface area contributed by atoms with Gasteiger partial charge in [-0.15, -0.1) is 0 Å². The predicted molar refractivity (Wildman–Crippen MR) is 119 cm³/mol. The molecule has 2 rings (SSSR count). The fourth-order valence-electron chi connectivity index (χ4n) is 2.71. The summed E-state index contributed by atoms with van der Waals surface area (Å²) in [6, 6.07) is 10.3. The van der Waals surface area contributed by atoms with Crippen molar-refractivity contribution in [3.8, 4) is 0 Å². The van der Waals surface area contributed by atoms with Crippen molar-refractivity contribution in [2.75, 3.05) is 13.1 Å². The summed E-state index contributed by atoms with van der Waals surface area (Å²) in [4.78, 5) is 27.8. The first kappa shape index (κ1) is 24.5. The number of amides is 2. The molecule has 1 heterocycles. The largest absolute Gasteiger partial charge is 0.356 e. The lowest BCUT2D eigenvalue weighted by Crippen LogP contribution is -2.33. The molecule has 0 bridgehead atoms. The zero-order chi connectivity index (χ0) is 22.9. The molecular weight excluding hydrogens is 416 g/mol. The maximum absolute atomic E-state index is 12.4. The van der Waals surface area contributed by atoms with Crippen molar-refractivity contribution >= 4 is 21.8 Å². The Labute approximate surface area is 183 Å². The number of carbonyl (C=O) groups excluding carboxylic acids is 2. The molecular formula is C22H30N4O4S. The molecule has 0 saturated carbocycles. The topological polar surface area (TPSA) is 117 Å². The van der Waals surface area contributed by atoms with Gasteiger partial charge in [0.25, 0.3) is 0 Å². The minimum Gasteiger partial charge on any atom is -0.356 e. The van der Waals surface area contributed by atoms with Crippen molar-refractivity contribution in [2.24, 2.45) is 0 Å². The minimum absolute atomic E-state index is 0.0159. The van der Waals surface area contributed by atoms with E-state index in [0.29, 0.717) is 6.54 Å². The number of sulfonamides is 1. The molecule has 2 amide bonds. The van der Waals surface area contributed by atoms with Crippen LogP contribution in [0, 0.1) is 0 Å². The van der Waals surface area contributed by atoms with Crippen molar-refractivity contribution in [2.45, 2.75) is 50.5 Å². The fourth-order valence-corrected chi connectivity index (χ4v) is 3.74. The number of pyridine rings is 1. The van der Waals surface area contributed by atoms with Gasteiger partial charge >= 0.3 is 0 Å². The van der Waals surface area contributed by atoms with Crippen LogP contribution < -0.4 is 15.4 Å². The van der Waals surface area contributed by atoms with Crippen LogP contribution in [0.25, 0.3) is 0 Å². The number of benzene rings is 1. The summed E-state index contributed by atoms with van der Waals surface area (Å²) in [7, 11) is -3.68. The van der Waals surface area contributed by atoms with Crippen LogP contribution >= 0.6 is 0 Å². The average molecular weight is 447 g/mol. The molecule has 0 radical (unpaired) electrons. The molecule has 1 aromatic carbocycles. The zero-order valence-corrected chi connectivity index (χ0v) is 19.0. The van der Waals surface area contributed by atoms with Crippen molar-refractivity contribution in [1.29, 1.82) is 0 Å². The van der Waals surface area contributed by atoms with E-state index in [4.69, 9.17) is 0 Å². The van der Waals surface area contributed by atoms with Crippen LogP contribution in [0.4, 0.5) is 0 Å². The molecule has 0 saturated heterocycles. The molecule has 0 spiro atoms. The highest BCUT2D eigenvalue weighted by atomic mass is 32.2. The van der Waals surface area contributed by atoms with Gasteiger partial charge in [0.15, 0.2) is 0 Å². The van der Waals surface area contributed by atoms with E-state index in [1.165, 1.54) is 0 Å². The van der Waals surface area contributed by atoms with Crippen LogP contribution in [-0.2, 0) is 31.6 Å². The van der Waals surface area contributed by atoms with Crippen LogP contribution in [0.2, 0.25) is 0 Å². The summed E-state index contributed by atoms with van der Waals surface area (Å²) < 4.78 is 27.2. The SMILES string of the molecule is CC(C)(C)c1ccc(S(=O)(=O)NCCC(=O)NCCC(=O)NCc2ccncc2)cc1. The molecule has 0 aliphatic rings. The fraction of sp³-hybridized carbons (Fsp3) is 0.409. The van der Waals surface area contributed by atoms with Gasteiger partial charge in [0, 0.05) is 44.9 Å². The molecule has 3 N–H and O–H groups in total. The highest BCUT2D eigenvalue weighted by molar-refractivity contribution is 7.89. The van der Waals surface area contributed by atoms with Crippen molar-refractivity contribution in [3.63, 3.8) is 0 Å². The lowest BCUT2D eigenvalue weighted by molar-refractivity contribution is -0.122. The molecule has 9 heteroatoms. The van der Waals surface area contributed by atoms with E-state index in [2.05, 4.69) is 41.1 Å². The summed E-state index contributed by atoms with van der Waals surface area (Å²) in [6.07, 6.45) is 3.42. The second-order valence-corrected chi connectivity index (χ2v) is 9.92. The lowest BCUT2D eigenvalue weighted by Gasteiger charge is -2.19. The van der Waals surface area contributed by atoms with E-state index in [9.17, 15) is 18.0 Å². The third kappa shape index (κ3) is 8.47. The predicted octanol–water partition coefficient (Wildman–Crippen LogP) is 1.87. The molecule has 0 aliphatic heterocycles. The molecule has 168 valence electrons. The number of hydrogen-bond acceptors (Lipinski definition) is 5. The lowest BCUT2D eigenvalue weighted by atomic mass is 9.87. The molecule has 0 atom stereocenters. The van der Waals surface area contributed by atoms with Crippen molar-refractivity contribution < 1.29 is 18.0 Å². The first-order valence-electron chi connectivity index (χ1n) is 10.1. The Balaban J connectivity index is 1.67. The van der Waals surface area contributed by atoms with Crippen LogP contribution in [-0.4, -0.2) is 38.3 Å². The number of nitrogens with zero attached hydrogens (tertiary/aromatic N) is 1. The summed E-state index contributed by atoms with van der Waals surface area (Å²) in [6.45, 7) is 6.72. The van der Waals surface area contributed by atoms with E-state index in [1.54, 1.807) is 36.7 Å². The maximum Gasteiger partial charge on any atom is 0.240 e. The van der Waals surface area contributed by atoms with Crippen LogP contribution in [0.15, 0.2) is 53.7 Å². The van der Waals surface area contributed by atoms with Crippen LogP contribution in [0.5, 0.6) is 0 Å². The van der Waals surface area contributed by atoms with E-state index < -0.39 is 10.0 Å². The summed E-state index contributed by atoms with van der Waals surface area (Å²) in [5.74, 6) is -0.510. The van der Waals surface area contributed by atoms with Gasteiger partial charge in [-0.3, -0.25) is 14.6 Å². The van der Waals surface area contributed by atoms with Gasteiger partial charge in [0.2, 0.25) is 21.8 Å². The number of hydrogen-bond donors (Lipinski definition) is 3. The third-order valence-electron chi connectivity index (χ3n) is 4.59. The van der Waals surface area contributed by atoms with Gasteiger partial charge in [0.05, 0.1) is 4.90 Å². The zero-order valence-electron chi connectivity index (χ0n) is 18.1. The molecule has 0 unspecified atom stereocenters. The molecule has 31 heavy (non-hydrogen) atoms. The van der Waals surface area contributed by atoms with Crippen molar-refractivity contribution in [3.05, 3.63) is 59.9 Å². The highest BCUT2D eigenvalue weighted by Crippen LogP contribution is 2.23. The second kappa shape index (κ2) is 11.0. The second-order valence-electron chi connectivity index (χ2n) is 8.15. The number of rotatable bonds is 10. The molecule has 0 aliphatic carbocycles. The number of nitrogens with one attached hydrogen (secondary N) is 3. The Morgan fingerprint density at radius 1 is 0.871 bits per heavy atom. The first-order chi connectivity index (χ1) is 14.6. The van der Waals surface area contributed by atoms with Crippen LogP contribution in [0.1, 0.15) is 44.7 Å². The van der Waals surface area contributed by atoms with Gasteiger partial charge in [-0.2, -0.15) is 0 Å². The Morgan fingerprint density at radius 3 is 2.06 bits per heavy atom. The molecule has 2 aromatic rings. The Bertz CT molecular complexity index is 969. The maximum atomic E-state index is 12.4. The highest BCUT2D eigenvalue weighted by Gasteiger charge is 2.17. The Kier molecular flexibility index (Phi) is 8.70. The molecule has 0 fully saturated rings. The Hall–Kier alpha value is -2.78. The van der Waals surface area contributed by atoms with E-state index in [-0.39, 0.29) is 48.1 Å². The van der Waals surface area contributed by atoms with Gasteiger partial charge in [-0.1, -0.05) is 32.9 Å². The van der Waals surface area contributed by atoms with Crippen LogP contribution in [0.3, 0.4) is 0 Å². The van der Waals surface area contributed by atoms with Gasteiger partial charge in [-0.25, -0.2) is 13.1 Å². The quantitative estimate of drug-likeness (QED) is 0.515. The summed E-state index contributed by atoms with van der Waals surface area (Å²) >= 11 is 0. The van der Waals surface area contributed by atoms with Gasteiger partial charge < -0.3 is 10.6 Å². The van der Waals surface area contributed by atoms with E-state index in [0.717, 1.165) is 11.1 Å². The summed E-state index contributed by atoms with van der Waals surface area (Å²) in [5.41, 5.74) is 1.91. The summed E-state index contributed by atoms with van der Waals surface area (Å²) in [5, 5.41) is 5.37. The van der Waals surface area contributed by atoms with Gasteiger partial charge in [0.1, 0.15) is 0 Å². The third-order valence-corrected chi connectivity index (χ3v) is 6.06. The van der Waals surface area contributed by atoms with Crippen molar-refractivity contribution in [1.82, 2.24) is 20.3 Å². The standard InChI is InChI=1S/C22H30N4O4S/c1-22(2,3)18-4-6-19(7-5-18)31(29,30)26-15-11-20(27)24-14-10-21(28)25-16-17-8-12-23-13-9-17/h4-9,12-13,26H,10-11,14-16H2,1-3H3,(H,24,27)(H,25,28). The molecule has 8 nitrogen and oxygen atoms in total. The smallest absolute Gasteiger partial charge is 0.240 e. The normalized spacial score (nSPS) is 11.7. The average Bonchev–Trinajstić information content (AvgIpc) is 2.72. The van der Waals surface area contributed by atoms with E-state index in [1.807, 2.05) is 12.1 Å². The number of carbonyl (C=O) groups is 2. The van der Waals surface area contributed by atoms with Gasteiger partial charge in [-0.05, 0) is 40.8 Å². The molecule has 1 aromatic heterocycles. The Morgan fingerprint density at radius 2 is 1.45 bits per heavy atom. The number of aromatic nitrogens is 1.